The number of hydrogen-bond donors (Lipinski definition) is 2. The van der Waals surface area contributed by atoms with Gasteiger partial charge < -0.3 is 11.5 Å². The average molecular weight is 292 g/mol. The van der Waals surface area contributed by atoms with E-state index in [0.717, 1.165) is 16.5 Å². The Balaban J connectivity index is 2.17. The Morgan fingerprint density at radius 2 is 2.12 bits per heavy atom. The van der Waals surface area contributed by atoms with Crippen LogP contribution in [-0.4, -0.2) is 4.98 Å². The summed E-state index contributed by atoms with van der Waals surface area (Å²) in [6.45, 7) is 0. The highest BCUT2D eigenvalue weighted by molar-refractivity contribution is 9.10. The predicted octanol–water partition coefficient (Wildman–Crippen LogP) is 2.67. The van der Waals surface area contributed by atoms with Gasteiger partial charge in [-0.1, -0.05) is 28.1 Å². The van der Waals surface area contributed by atoms with E-state index >= 15 is 0 Å². The minimum atomic E-state index is -0.127. The van der Waals surface area contributed by atoms with Gasteiger partial charge in [-0.25, -0.2) is 0 Å². The Kier molecular flexibility index (Phi) is 3.76. The molecule has 0 aliphatic carbocycles. The van der Waals surface area contributed by atoms with Gasteiger partial charge in [-0.2, -0.15) is 0 Å². The van der Waals surface area contributed by atoms with Crippen molar-refractivity contribution in [3.63, 3.8) is 0 Å². The molecule has 0 fully saturated rings. The molecule has 1 heterocycles. The third-order valence-electron chi connectivity index (χ3n) is 2.63. The van der Waals surface area contributed by atoms with Crippen molar-refractivity contribution in [2.45, 2.75) is 12.5 Å². The smallest absolute Gasteiger partial charge is 0.0393 e. The highest BCUT2D eigenvalue weighted by Gasteiger charge is 2.10. The number of pyridine rings is 1. The first kappa shape index (κ1) is 12.1. The van der Waals surface area contributed by atoms with Crippen molar-refractivity contribution in [3.05, 3.63) is 58.3 Å². The van der Waals surface area contributed by atoms with Crippen LogP contribution < -0.4 is 11.5 Å². The van der Waals surface area contributed by atoms with Crippen molar-refractivity contribution in [1.29, 1.82) is 0 Å². The first-order valence-corrected chi connectivity index (χ1v) is 6.15. The van der Waals surface area contributed by atoms with Gasteiger partial charge in [-0.3, -0.25) is 4.98 Å². The van der Waals surface area contributed by atoms with E-state index in [1.54, 1.807) is 18.5 Å². The molecule has 1 atom stereocenters. The van der Waals surface area contributed by atoms with Gasteiger partial charge in [-0.05, 0) is 30.2 Å². The summed E-state index contributed by atoms with van der Waals surface area (Å²) in [5, 5.41) is 0. The number of aromatic nitrogens is 1. The van der Waals surface area contributed by atoms with Crippen LogP contribution in [-0.2, 0) is 6.42 Å². The Morgan fingerprint density at radius 3 is 2.82 bits per heavy atom. The number of halogens is 1. The molecule has 2 aromatic rings. The van der Waals surface area contributed by atoms with Crippen LogP contribution in [0.25, 0.3) is 0 Å². The number of nitrogen functional groups attached to an aromatic ring is 1. The minimum absolute atomic E-state index is 0.127. The standard InChI is InChI=1S/C13H14BrN3/c14-10-3-1-2-9(6-10)7-13(16)11-8-17-5-4-12(11)15/h1-6,8,13H,7,16H2,(H2,15,17). The van der Waals surface area contributed by atoms with Gasteiger partial charge >= 0.3 is 0 Å². The summed E-state index contributed by atoms with van der Waals surface area (Å²) in [7, 11) is 0. The van der Waals surface area contributed by atoms with E-state index in [9.17, 15) is 0 Å². The molecule has 0 saturated heterocycles. The quantitative estimate of drug-likeness (QED) is 0.914. The molecule has 4 N–H and O–H groups in total. The molecule has 0 spiro atoms. The Morgan fingerprint density at radius 1 is 1.29 bits per heavy atom. The zero-order valence-electron chi connectivity index (χ0n) is 9.31. The van der Waals surface area contributed by atoms with E-state index < -0.39 is 0 Å². The maximum absolute atomic E-state index is 6.14. The van der Waals surface area contributed by atoms with E-state index in [1.807, 2.05) is 12.1 Å². The second-order valence-corrected chi connectivity index (χ2v) is 4.86. The van der Waals surface area contributed by atoms with E-state index in [4.69, 9.17) is 11.5 Å². The van der Waals surface area contributed by atoms with Crippen LogP contribution in [0.15, 0.2) is 47.2 Å². The molecular weight excluding hydrogens is 278 g/mol. The molecule has 88 valence electrons. The van der Waals surface area contributed by atoms with Gasteiger partial charge in [0.1, 0.15) is 0 Å². The van der Waals surface area contributed by atoms with Gasteiger partial charge in [0.25, 0.3) is 0 Å². The van der Waals surface area contributed by atoms with E-state index in [2.05, 4.69) is 33.0 Å². The summed E-state index contributed by atoms with van der Waals surface area (Å²) < 4.78 is 1.06. The lowest BCUT2D eigenvalue weighted by atomic mass is 10.00. The number of benzene rings is 1. The fourth-order valence-corrected chi connectivity index (χ4v) is 2.20. The fraction of sp³-hybridized carbons (Fsp3) is 0.154. The molecule has 17 heavy (non-hydrogen) atoms. The predicted molar refractivity (Wildman–Crippen MR) is 73.4 cm³/mol. The number of rotatable bonds is 3. The third-order valence-corrected chi connectivity index (χ3v) is 3.12. The Bertz CT molecular complexity index is 514. The highest BCUT2D eigenvalue weighted by atomic mass is 79.9. The normalized spacial score (nSPS) is 12.4. The lowest BCUT2D eigenvalue weighted by molar-refractivity contribution is 0.720. The zero-order valence-corrected chi connectivity index (χ0v) is 10.9. The van der Waals surface area contributed by atoms with Crippen molar-refractivity contribution < 1.29 is 0 Å². The SMILES string of the molecule is Nc1ccncc1C(N)Cc1cccc(Br)c1. The molecule has 0 bridgehead atoms. The van der Waals surface area contributed by atoms with Crippen molar-refractivity contribution in [1.82, 2.24) is 4.98 Å². The number of anilines is 1. The maximum Gasteiger partial charge on any atom is 0.0393 e. The first-order chi connectivity index (χ1) is 8.16. The van der Waals surface area contributed by atoms with Gasteiger partial charge in [0.05, 0.1) is 0 Å². The molecule has 3 nitrogen and oxygen atoms in total. The monoisotopic (exact) mass is 291 g/mol. The summed E-state index contributed by atoms with van der Waals surface area (Å²) in [6, 6.07) is 9.75. The molecule has 0 saturated carbocycles. The van der Waals surface area contributed by atoms with Crippen molar-refractivity contribution in [2.75, 3.05) is 5.73 Å². The number of nitrogens with two attached hydrogens (primary N) is 2. The van der Waals surface area contributed by atoms with Gasteiger partial charge in [0.15, 0.2) is 0 Å². The van der Waals surface area contributed by atoms with Gasteiger partial charge in [-0.15, -0.1) is 0 Å². The summed E-state index contributed by atoms with van der Waals surface area (Å²) in [6.07, 6.45) is 4.15. The molecule has 0 amide bonds. The van der Waals surface area contributed by atoms with Crippen LogP contribution in [0.2, 0.25) is 0 Å². The highest BCUT2D eigenvalue weighted by Crippen LogP contribution is 2.22. The number of nitrogens with zero attached hydrogens (tertiary/aromatic N) is 1. The topological polar surface area (TPSA) is 64.9 Å². The fourth-order valence-electron chi connectivity index (χ4n) is 1.76. The van der Waals surface area contributed by atoms with Crippen molar-refractivity contribution in [2.24, 2.45) is 5.73 Å². The molecule has 0 radical (unpaired) electrons. The molecule has 4 heteroatoms. The van der Waals surface area contributed by atoms with Crippen molar-refractivity contribution >= 4 is 21.6 Å². The minimum Gasteiger partial charge on any atom is -0.398 e. The molecular formula is C13H14BrN3. The number of hydrogen-bond acceptors (Lipinski definition) is 3. The van der Waals surface area contributed by atoms with Crippen LogP contribution in [0.1, 0.15) is 17.2 Å². The lowest BCUT2D eigenvalue weighted by Crippen LogP contribution is -2.15. The second kappa shape index (κ2) is 5.29. The van der Waals surface area contributed by atoms with Crippen LogP contribution >= 0.6 is 15.9 Å². The first-order valence-electron chi connectivity index (χ1n) is 5.36. The van der Waals surface area contributed by atoms with Gasteiger partial charge in [0.2, 0.25) is 0 Å². The van der Waals surface area contributed by atoms with Crippen LogP contribution in [0, 0.1) is 0 Å². The molecule has 0 aliphatic rings. The molecule has 0 aliphatic heterocycles. The Hall–Kier alpha value is -1.39. The van der Waals surface area contributed by atoms with Crippen LogP contribution in [0.5, 0.6) is 0 Å². The average Bonchev–Trinajstić information content (AvgIpc) is 2.29. The van der Waals surface area contributed by atoms with Crippen LogP contribution in [0.4, 0.5) is 5.69 Å². The second-order valence-electron chi connectivity index (χ2n) is 3.95. The van der Waals surface area contributed by atoms with Crippen LogP contribution in [0.3, 0.4) is 0 Å². The molecule has 1 aromatic heterocycles. The largest absolute Gasteiger partial charge is 0.398 e. The Labute approximate surface area is 109 Å². The zero-order chi connectivity index (χ0) is 12.3. The van der Waals surface area contributed by atoms with E-state index in [-0.39, 0.29) is 6.04 Å². The summed E-state index contributed by atoms with van der Waals surface area (Å²) in [5.41, 5.74) is 14.8. The molecule has 2 rings (SSSR count). The van der Waals surface area contributed by atoms with E-state index in [1.165, 1.54) is 5.56 Å². The van der Waals surface area contributed by atoms with Gasteiger partial charge in [0, 0.05) is 34.2 Å². The third kappa shape index (κ3) is 3.05. The molecule has 1 unspecified atom stereocenters. The lowest BCUT2D eigenvalue weighted by Gasteiger charge is -2.14. The summed E-state index contributed by atoms with van der Waals surface area (Å²) in [4.78, 5) is 4.06. The maximum atomic E-state index is 6.14. The van der Waals surface area contributed by atoms with Crippen molar-refractivity contribution in [3.8, 4) is 0 Å². The summed E-state index contributed by atoms with van der Waals surface area (Å²) in [5.74, 6) is 0. The summed E-state index contributed by atoms with van der Waals surface area (Å²) >= 11 is 3.44. The van der Waals surface area contributed by atoms with E-state index in [0.29, 0.717) is 5.69 Å². The molecule has 1 aromatic carbocycles.